The highest BCUT2D eigenvalue weighted by Crippen LogP contribution is 2.34. The number of carbonyl (C=O) groups is 1. The summed E-state index contributed by atoms with van der Waals surface area (Å²) in [6, 6.07) is 0.638. The van der Waals surface area contributed by atoms with Crippen molar-refractivity contribution in [1.29, 1.82) is 0 Å². The lowest BCUT2D eigenvalue weighted by Gasteiger charge is -2.44. The molecule has 1 fully saturated rings. The summed E-state index contributed by atoms with van der Waals surface area (Å²) in [4.78, 5) is 13.9. The van der Waals surface area contributed by atoms with Crippen LogP contribution in [0.3, 0.4) is 0 Å². The predicted molar refractivity (Wildman–Crippen MR) is 59.3 cm³/mol. The first kappa shape index (κ1) is 11.7. The molecule has 2 nitrogen and oxygen atoms in total. The van der Waals surface area contributed by atoms with Crippen LogP contribution in [-0.2, 0) is 4.79 Å². The van der Waals surface area contributed by atoms with E-state index in [4.69, 9.17) is 0 Å². The van der Waals surface area contributed by atoms with Crippen LogP contribution in [0, 0.1) is 5.41 Å². The van der Waals surface area contributed by atoms with Gasteiger partial charge in [-0.25, -0.2) is 0 Å². The molecular weight excluding hydrogens is 174 g/mol. The number of likely N-dealkylation sites (tertiary alicyclic amines) is 1. The molecule has 1 unspecified atom stereocenters. The largest absolute Gasteiger partial charge is 0.298 e. The number of rotatable bonds is 2. The number of ketones is 1. The molecule has 0 spiro atoms. The van der Waals surface area contributed by atoms with E-state index in [1.807, 2.05) is 0 Å². The molecule has 0 radical (unpaired) electrons. The van der Waals surface area contributed by atoms with Gasteiger partial charge in [-0.1, -0.05) is 13.8 Å². The van der Waals surface area contributed by atoms with Crippen molar-refractivity contribution in [1.82, 2.24) is 4.90 Å². The van der Waals surface area contributed by atoms with Gasteiger partial charge in [0.15, 0.2) is 0 Å². The molecule has 1 saturated heterocycles. The van der Waals surface area contributed by atoms with Gasteiger partial charge >= 0.3 is 0 Å². The van der Waals surface area contributed by atoms with E-state index in [1.54, 1.807) is 6.92 Å². The van der Waals surface area contributed by atoms with Crippen molar-refractivity contribution < 1.29 is 4.79 Å². The van der Waals surface area contributed by atoms with Crippen molar-refractivity contribution in [3.63, 3.8) is 0 Å². The average molecular weight is 197 g/mol. The van der Waals surface area contributed by atoms with Crippen molar-refractivity contribution in [3.8, 4) is 0 Å². The molecule has 1 aliphatic heterocycles. The Kier molecular flexibility index (Phi) is 3.36. The lowest BCUT2D eigenvalue weighted by atomic mass is 9.77. The fraction of sp³-hybridized carbons (Fsp3) is 0.917. The summed E-state index contributed by atoms with van der Waals surface area (Å²) >= 11 is 0. The Labute approximate surface area is 87.7 Å². The second-order valence-electron chi connectivity index (χ2n) is 5.58. The average Bonchev–Trinajstić information content (AvgIpc) is 2.01. The van der Waals surface area contributed by atoms with Gasteiger partial charge in [0, 0.05) is 6.04 Å². The fourth-order valence-corrected chi connectivity index (χ4v) is 2.33. The summed E-state index contributed by atoms with van der Waals surface area (Å²) in [5.41, 5.74) is 0.335. The van der Waals surface area contributed by atoms with Crippen molar-refractivity contribution in [2.75, 3.05) is 6.54 Å². The highest BCUT2D eigenvalue weighted by atomic mass is 16.1. The van der Waals surface area contributed by atoms with Gasteiger partial charge in [0.1, 0.15) is 5.78 Å². The Balaban J connectivity index is 2.76. The second kappa shape index (κ2) is 4.01. The van der Waals surface area contributed by atoms with Gasteiger partial charge in [0.2, 0.25) is 0 Å². The summed E-state index contributed by atoms with van der Waals surface area (Å²) in [6.07, 6.45) is 2.22. The van der Waals surface area contributed by atoms with Crippen LogP contribution in [-0.4, -0.2) is 29.3 Å². The third-order valence-electron chi connectivity index (χ3n) is 3.33. The number of hydrogen-bond donors (Lipinski definition) is 0. The quantitative estimate of drug-likeness (QED) is 0.678. The zero-order valence-corrected chi connectivity index (χ0v) is 10.1. The lowest BCUT2D eigenvalue weighted by Crippen LogP contribution is -2.51. The molecule has 0 aromatic heterocycles. The normalized spacial score (nSPS) is 28.0. The number of hydrogen-bond acceptors (Lipinski definition) is 2. The molecule has 1 rings (SSSR count). The molecule has 0 saturated carbocycles. The first-order valence-corrected chi connectivity index (χ1v) is 5.60. The number of nitrogens with zero attached hydrogens (tertiary/aromatic N) is 1. The Morgan fingerprint density at radius 1 is 1.43 bits per heavy atom. The first-order valence-electron chi connectivity index (χ1n) is 5.60. The predicted octanol–water partition coefficient (Wildman–Crippen LogP) is 2.47. The molecule has 0 bridgehead atoms. The third kappa shape index (κ3) is 2.57. The minimum Gasteiger partial charge on any atom is -0.298 e. The molecule has 14 heavy (non-hydrogen) atoms. The Morgan fingerprint density at radius 2 is 2.00 bits per heavy atom. The molecule has 1 aliphatic rings. The zero-order valence-electron chi connectivity index (χ0n) is 10.1. The summed E-state index contributed by atoms with van der Waals surface area (Å²) in [7, 11) is 0. The SMILES string of the molecule is CC(=O)C1CC(C)(C)CCN1C(C)C. The van der Waals surface area contributed by atoms with E-state index in [1.165, 1.54) is 6.42 Å². The van der Waals surface area contributed by atoms with Crippen LogP contribution in [0.25, 0.3) is 0 Å². The van der Waals surface area contributed by atoms with Crippen LogP contribution in [0.5, 0.6) is 0 Å². The summed E-state index contributed by atoms with van der Waals surface area (Å²) in [5.74, 6) is 0.325. The third-order valence-corrected chi connectivity index (χ3v) is 3.33. The van der Waals surface area contributed by atoms with Crippen LogP contribution in [0.2, 0.25) is 0 Å². The number of piperidine rings is 1. The van der Waals surface area contributed by atoms with Crippen molar-refractivity contribution in [2.45, 2.75) is 59.5 Å². The maximum Gasteiger partial charge on any atom is 0.146 e. The summed E-state index contributed by atoms with van der Waals surface area (Å²) < 4.78 is 0. The van der Waals surface area contributed by atoms with Crippen LogP contribution in [0.4, 0.5) is 0 Å². The van der Waals surface area contributed by atoms with Crippen molar-refractivity contribution >= 4 is 5.78 Å². The van der Waals surface area contributed by atoms with Crippen molar-refractivity contribution in [3.05, 3.63) is 0 Å². The minimum atomic E-state index is 0.152. The molecule has 0 amide bonds. The molecule has 0 aliphatic carbocycles. The van der Waals surface area contributed by atoms with E-state index >= 15 is 0 Å². The maximum absolute atomic E-state index is 11.6. The van der Waals surface area contributed by atoms with E-state index in [0.29, 0.717) is 17.2 Å². The van der Waals surface area contributed by atoms with Gasteiger partial charge in [-0.2, -0.15) is 0 Å². The fourth-order valence-electron chi connectivity index (χ4n) is 2.33. The van der Waals surface area contributed by atoms with E-state index in [9.17, 15) is 4.79 Å². The highest BCUT2D eigenvalue weighted by Gasteiger charge is 2.36. The first-order chi connectivity index (χ1) is 6.33. The molecule has 0 N–H and O–H groups in total. The van der Waals surface area contributed by atoms with E-state index in [0.717, 1.165) is 13.0 Å². The molecular formula is C12H23NO. The topological polar surface area (TPSA) is 20.3 Å². The van der Waals surface area contributed by atoms with E-state index < -0.39 is 0 Å². The molecule has 0 aromatic rings. The Bertz CT molecular complexity index is 220. The van der Waals surface area contributed by atoms with Gasteiger partial charge < -0.3 is 0 Å². The molecule has 1 heterocycles. The van der Waals surface area contributed by atoms with Gasteiger partial charge in [-0.3, -0.25) is 9.69 Å². The molecule has 1 atom stereocenters. The van der Waals surface area contributed by atoms with Crippen LogP contribution in [0.15, 0.2) is 0 Å². The summed E-state index contributed by atoms with van der Waals surface area (Å²) in [5, 5.41) is 0. The highest BCUT2D eigenvalue weighted by molar-refractivity contribution is 5.81. The van der Waals surface area contributed by atoms with E-state index in [-0.39, 0.29) is 6.04 Å². The van der Waals surface area contributed by atoms with Gasteiger partial charge in [0.25, 0.3) is 0 Å². The standard InChI is InChI=1S/C12H23NO/c1-9(2)13-7-6-12(4,5)8-11(13)10(3)14/h9,11H,6-8H2,1-5H3. The zero-order chi connectivity index (χ0) is 10.9. The number of carbonyl (C=O) groups excluding carboxylic acids is 1. The molecule has 82 valence electrons. The molecule has 0 aromatic carbocycles. The van der Waals surface area contributed by atoms with E-state index in [2.05, 4.69) is 32.6 Å². The van der Waals surface area contributed by atoms with Crippen LogP contribution < -0.4 is 0 Å². The Hall–Kier alpha value is -0.370. The minimum absolute atomic E-state index is 0.152. The lowest BCUT2D eigenvalue weighted by molar-refractivity contribution is -0.126. The van der Waals surface area contributed by atoms with Gasteiger partial charge in [-0.15, -0.1) is 0 Å². The summed E-state index contributed by atoms with van der Waals surface area (Å²) in [6.45, 7) is 11.7. The molecule has 2 heteroatoms. The Morgan fingerprint density at radius 3 is 2.43 bits per heavy atom. The van der Waals surface area contributed by atoms with Crippen LogP contribution >= 0.6 is 0 Å². The second-order valence-corrected chi connectivity index (χ2v) is 5.58. The van der Waals surface area contributed by atoms with Crippen LogP contribution in [0.1, 0.15) is 47.5 Å². The maximum atomic E-state index is 11.6. The van der Waals surface area contributed by atoms with Gasteiger partial charge in [0.05, 0.1) is 6.04 Å². The van der Waals surface area contributed by atoms with Gasteiger partial charge in [-0.05, 0) is 45.6 Å². The van der Waals surface area contributed by atoms with Crippen molar-refractivity contribution in [2.24, 2.45) is 5.41 Å². The number of Topliss-reactive ketones (excluding diaryl/α,β-unsaturated/α-hetero) is 1. The smallest absolute Gasteiger partial charge is 0.146 e. The monoisotopic (exact) mass is 197 g/mol.